The van der Waals surface area contributed by atoms with Crippen LogP contribution in [0.1, 0.15) is 31.9 Å². The van der Waals surface area contributed by atoms with Gasteiger partial charge in [0, 0.05) is 6.04 Å². The molecule has 26 heavy (non-hydrogen) atoms. The molecule has 1 saturated heterocycles. The van der Waals surface area contributed by atoms with Crippen molar-refractivity contribution < 1.29 is 25.2 Å². The molecule has 2 aromatic heterocycles. The van der Waals surface area contributed by atoms with E-state index in [1.165, 1.54) is 17.2 Å². The van der Waals surface area contributed by atoms with Gasteiger partial charge >= 0.3 is 0 Å². The quantitative estimate of drug-likeness (QED) is 0.468. The summed E-state index contributed by atoms with van der Waals surface area (Å²) in [4.78, 5) is 12.8. The molecule has 2 aromatic rings. The van der Waals surface area contributed by atoms with Crippen molar-refractivity contribution >= 4 is 17.0 Å². The maximum atomic E-state index is 10.2. The van der Waals surface area contributed by atoms with E-state index in [4.69, 9.17) is 4.74 Å². The summed E-state index contributed by atoms with van der Waals surface area (Å²) in [6.45, 7) is -0.396. The first-order chi connectivity index (χ1) is 12.6. The third kappa shape index (κ3) is 3.03. The molecular weight excluding hydrogens is 342 g/mol. The Kier molecular flexibility index (Phi) is 4.76. The normalized spacial score (nSPS) is 35.1. The Morgan fingerprint density at radius 3 is 2.73 bits per heavy atom. The number of aliphatic hydroxyl groups is 4. The molecular formula is C16H23N5O5. The Bertz CT molecular complexity index is 771. The van der Waals surface area contributed by atoms with Gasteiger partial charge in [0.15, 0.2) is 23.2 Å². The van der Waals surface area contributed by atoms with Crippen LogP contribution < -0.4 is 5.32 Å². The van der Waals surface area contributed by atoms with E-state index < -0.39 is 31.1 Å². The van der Waals surface area contributed by atoms with Gasteiger partial charge < -0.3 is 30.5 Å². The number of hydrogen-bond acceptors (Lipinski definition) is 9. The zero-order valence-corrected chi connectivity index (χ0v) is 14.1. The standard InChI is InChI=1S/C16H23N5O5/c22-5-10-12(24)13(25)16(26-10)21-7-19-11-14(17-6-18-15(11)21)20-8-2-1-3-9(23)4-8/h6-10,12-13,16,22-25H,1-5H2,(H,17,18,20)/t8-,9-,10+,12+,13+,16+/m0/s1. The highest BCUT2D eigenvalue weighted by Crippen LogP contribution is 2.32. The number of nitrogens with one attached hydrogen (secondary N) is 1. The van der Waals surface area contributed by atoms with Crippen LogP contribution in [0.5, 0.6) is 0 Å². The van der Waals surface area contributed by atoms with Crippen molar-refractivity contribution in [2.24, 2.45) is 0 Å². The first-order valence-corrected chi connectivity index (χ1v) is 8.83. The first-order valence-electron chi connectivity index (χ1n) is 8.83. The second-order valence-electron chi connectivity index (χ2n) is 6.94. The van der Waals surface area contributed by atoms with Crippen LogP contribution in [0.15, 0.2) is 12.7 Å². The number of imidazole rings is 1. The molecule has 0 amide bonds. The summed E-state index contributed by atoms with van der Waals surface area (Å²) in [5, 5.41) is 42.6. The molecule has 1 saturated carbocycles. The van der Waals surface area contributed by atoms with Crippen LogP contribution in [-0.4, -0.2) is 77.0 Å². The zero-order valence-electron chi connectivity index (χ0n) is 14.1. The first kappa shape index (κ1) is 17.6. The summed E-state index contributed by atoms with van der Waals surface area (Å²) in [6.07, 6.45) is 1.76. The van der Waals surface area contributed by atoms with Gasteiger partial charge in [-0.25, -0.2) is 15.0 Å². The molecule has 3 heterocycles. The third-order valence-corrected chi connectivity index (χ3v) is 5.14. The third-order valence-electron chi connectivity index (χ3n) is 5.14. The number of nitrogens with zero attached hydrogens (tertiary/aromatic N) is 4. The Hall–Kier alpha value is -1.85. The lowest BCUT2D eigenvalue weighted by Gasteiger charge is -2.27. The summed E-state index contributed by atoms with van der Waals surface area (Å²) < 4.78 is 7.08. The lowest BCUT2D eigenvalue weighted by atomic mass is 9.93. The van der Waals surface area contributed by atoms with E-state index in [1.54, 1.807) is 0 Å². The average Bonchev–Trinajstić information content (AvgIpc) is 3.18. The Morgan fingerprint density at radius 1 is 1.15 bits per heavy atom. The fraction of sp³-hybridized carbons (Fsp3) is 0.688. The molecule has 4 rings (SSSR count). The number of anilines is 1. The van der Waals surface area contributed by atoms with Crippen molar-refractivity contribution in [3.63, 3.8) is 0 Å². The lowest BCUT2D eigenvalue weighted by Crippen LogP contribution is -2.33. The molecule has 6 atom stereocenters. The molecule has 1 aliphatic carbocycles. The maximum Gasteiger partial charge on any atom is 0.167 e. The van der Waals surface area contributed by atoms with Crippen molar-refractivity contribution in [2.75, 3.05) is 11.9 Å². The molecule has 10 nitrogen and oxygen atoms in total. The lowest BCUT2D eigenvalue weighted by molar-refractivity contribution is -0.0511. The van der Waals surface area contributed by atoms with Crippen LogP contribution in [0, 0.1) is 0 Å². The van der Waals surface area contributed by atoms with Crippen LogP contribution in [0.2, 0.25) is 0 Å². The highest BCUT2D eigenvalue weighted by atomic mass is 16.6. The topological polar surface area (TPSA) is 146 Å². The number of aromatic nitrogens is 4. The van der Waals surface area contributed by atoms with E-state index >= 15 is 0 Å². The van der Waals surface area contributed by atoms with Crippen molar-refractivity contribution in [2.45, 2.75) is 62.4 Å². The van der Waals surface area contributed by atoms with Crippen molar-refractivity contribution in [3.05, 3.63) is 12.7 Å². The maximum absolute atomic E-state index is 10.2. The van der Waals surface area contributed by atoms with Crippen LogP contribution in [-0.2, 0) is 4.74 Å². The average molecular weight is 365 g/mol. The van der Waals surface area contributed by atoms with Crippen LogP contribution in [0.4, 0.5) is 5.82 Å². The van der Waals surface area contributed by atoms with Gasteiger partial charge in [0.25, 0.3) is 0 Å². The number of fused-ring (bicyclic) bond motifs is 1. The number of rotatable bonds is 4. The number of aliphatic hydroxyl groups excluding tert-OH is 4. The highest BCUT2D eigenvalue weighted by Gasteiger charge is 2.44. The predicted molar refractivity (Wildman–Crippen MR) is 90.2 cm³/mol. The Morgan fingerprint density at radius 2 is 2.00 bits per heavy atom. The molecule has 0 radical (unpaired) electrons. The van der Waals surface area contributed by atoms with Gasteiger partial charge in [0.1, 0.15) is 24.6 Å². The second kappa shape index (κ2) is 7.05. The smallest absolute Gasteiger partial charge is 0.167 e. The zero-order chi connectivity index (χ0) is 18.3. The van der Waals surface area contributed by atoms with Crippen molar-refractivity contribution in [1.29, 1.82) is 0 Å². The van der Waals surface area contributed by atoms with E-state index in [0.29, 0.717) is 23.4 Å². The van der Waals surface area contributed by atoms with Gasteiger partial charge in [0.05, 0.1) is 19.0 Å². The van der Waals surface area contributed by atoms with Gasteiger partial charge in [-0.1, -0.05) is 0 Å². The van der Waals surface area contributed by atoms with Gasteiger partial charge in [-0.2, -0.15) is 0 Å². The van der Waals surface area contributed by atoms with E-state index in [-0.39, 0.29) is 12.1 Å². The minimum Gasteiger partial charge on any atom is -0.394 e. The largest absolute Gasteiger partial charge is 0.394 e. The molecule has 10 heteroatoms. The molecule has 0 aromatic carbocycles. The minimum absolute atomic E-state index is 0.107. The number of hydrogen-bond donors (Lipinski definition) is 5. The fourth-order valence-electron chi connectivity index (χ4n) is 3.74. The van der Waals surface area contributed by atoms with Crippen LogP contribution in [0.25, 0.3) is 11.2 Å². The van der Waals surface area contributed by atoms with E-state index in [1.807, 2.05) is 0 Å². The van der Waals surface area contributed by atoms with E-state index in [0.717, 1.165) is 19.3 Å². The molecule has 142 valence electrons. The highest BCUT2D eigenvalue weighted by molar-refractivity contribution is 5.82. The Balaban J connectivity index is 1.61. The SMILES string of the molecule is OC[C@H]1O[C@@H](n2cnc3c(N[C@H]4CCC[C@H](O)C4)ncnc32)[C@H](O)[C@@H]1O. The molecule has 0 spiro atoms. The van der Waals surface area contributed by atoms with Crippen molar-refractivity contribution in [1.82, 2.24) is 19.5 Å². The summed E-state index contributed by atoms with van der Waals surface area (Å²) in [5.41, 5.74) is 0.971. The van der Waals surface area contributed by atoms with Crippen molar-refractivity contribution in [3.8, 4) is 0 Å². The molecule has 0 bridgehead atoms. The monoisotopic (exact) mass is 365 g/mol. The summed E-state index contributed by atoms with van der Waals surface area (Å²) in [5.74, 6) is 0.555. The van der Waals surface area contributed by atoms with Gasteiger partial charge in [-0.05, 0) is 25.7 Å². The molecule has 2 fully saturated rings. The fourth-order valence-corrected chi connectivity index (χ4v) is 3.74. The van der Waals surface area contributed by atoms with Gasteiger partial charge in [-0.3, -0.25) is 4.57 Å². The molecule has 1 aliphatic heterocycles. The summed E-state index contributed by atoms with van der Waals surface area (Å²) in [6, 6.07) is 0.107. The van der Waals surface area contributed by atoms with E-state index in [2.05, 4.69) is 20.3 Å². The molecule has 0 unspecified atom stereocenters. The second-order valence-corrected chi connectivity index (χ2v) is 6.94. The summed E-state index contributed by atoms with van der Waals surface area (Å²) in [7, 11) is 0. The summed E-state index contributed by atoms with van der Waals surface area (Å²) >= 11 is 0. The minimum atomic E-state index is -1.20. The Labute approximate surface area is 149 Å². The van der Waals surface area contributed by atoms with Gasteiger partial charge in [0.2, 0.25) is 0 Å². The predicted octanol–water partition coefficient (Wildman–Crippen LogP) is -0.847. The molecule has 2 aliphatic rings. The van der Waals surface area contributed by atoms with Crippen LogP contribution in [0.3, 0.4) is 0 Å². The van der Waals surface area contributed by atoms with Crippen LogP contribution >= 0.6 is 0 Å². The van der Waals surface area contributed by atoms with Gasteiger partial charge in [-0.15, -0.1) is 0 Å². The molecule has 5 N–H and O–H groups in total. The van der Waals surface area contributed by atoms with E-state index in [9.17, 15) is 20.4 Å². The number of ether oxygens (including phenoxy) is 1.